The average Bonchev–Trinajstić information content (AvgIpc) is 2.77. The Hall–Kier alpha value is -3.06. The van der Waals surface area contributed by atoms with Gasteiger partial charge in [-0.25, -0.2) is 0 Å². The number of carbonyl (C=O) groups is 2. The van der Waals surface area contributed by atoms with E-state index in [9.17, 15) is 9.59 Å². The highest BCUT2D eigenvalue weighted by Gasteiger charge is 2.12. The Morgan fingerprint density at radius 3 is 2.30 bits per heavy atom. The van der Waals surface area contributed by atoms with Gasteiger partial charge in [0.15, 0.2) is 0 Å². The van der Waals surface area contributed by atoms with E-state index in [1.165, 1.54) is 0 Å². The zero-order valence-electron chi connectivity index (χ0n) is 17.9. The highest BCUT2D eigenvalue weighted by atomic mass is 16.5. The fraction of sp³-hybridized carbons (Fsp3) is 0.391. The van der Waals surface area contributed by atoms with E-state index in [4.69, 9.17) is 9.47 Å². The van der Waals surface area contributed by atoms with Crippen LogP contribution in [-0.4, -0.2) is 56.2 Å². The lowest BCUT2D eigenvalue weighted by Crippen LogP contribution is -2.30. The third-order valence-electron chi connectivity index (χ3n) is 4.49. The number of amides is 2. The van der Waals surface area contributed by atoms with E-state index in [-0.39, 0.29) is 18.4 Å². The van der Waals surface area contributed by atoms with E-state index in [0.717, 1.165) is 5.69 Å². The summed E-state index contributed by atoms with van der Waals surface area (Å²) in [5.41, 5.74) is 2.01. The van der Waals surface area contributed by atoms with Crippen LogP contribution in [0.4, 0.5) is 11.4 Å². The Balaban J connectivity index is 1.87. The summed E-state index contributed by atoms with van der Waals surface area (Å²) in [6.07, 6.45) is 0. The molecule has 2 amide bonds. The van der Waals surface area contributed by atoms with Crippen LogP contribution in [0.15, 0.2) is 48.5 Å². The van der Waals surface area contributed by atoms with Crippen molar-refractivity contribution in [1.82, 2.24) is 4.90 Å². The number of hydrogen-bond donors (Lipinski definition) is 2. The first-order valence-electron chi connectivity index (χ1n) is 10.3. The molecule has 7 heteroatoms. The summed E-state index contributed by atoms with van der Waals surface area (Å²) < 4.78 is 10.9. The Bertz CT molecular complexity index is 804. The van der Waals surface area contributed by atoms with Crippen molar-refractivity contribution in [3.05, 3.63) is 54.1 Å². The maximum Gasteiger partial charge on any atom is 0.253 e. The number of para-hydroxylation sites is 2. The summed E-state index contributed by atoms with van der Waals surface area (Å²) in [7, 11) is 0. The number of benzene rings is 2. The highest BCUT2D eigenvalue weighted by molar-refractivity contribution is 5.96. The van der Waals surface area contributed by atoms with Gasteiger partial charge in [0.2, 0.25) is 5.91 Å². The van der Waals surface area contributed by atoms with E-state index >= 15 is 0 Å². The van der Waals surface area contributed by atoms with Crippen LogP contribution in [-0.2, 0) is 9.53 Å². The first kappa shape index (κ1) is 23.2. The molecule has 0 spiro atoms. The van der Waals surface area contributed by atoms with Gasteiger partial charge in [-0.2, -0.15) is 0 Å². The lowest BCUT2D eigenvalue weighted by molar-refractivity contribution is -0.114. The fourth-order valence-corrected chi connectivity index (χ4v) is 2.85. The maximum atomic E-state index is 12.4. The Labute approximate surface area is 178 Å². The minimum atomic E-state index is -0.195. The first-order chi connectivity index (χ1) is 14.6. The van der Waals surface area contributed by atoms with Crippen LogP contribution in [0.5, 0.6) is 5.75 Å². The number of hydrogen-bond acceptors (Lipinski definition) is 5. The second kappa shape index (κ2) is 12.5. The third-order valence-corrected chi connectivity index (χ3v) is 4.49. The fourth-order valence-electron chi connectivity index (χ4n) is 2.85. The van der Waals surface area contributed by atoms with E-state index in [1.54, 1.807) is 41.3 Å². The summed E-state index contributed by atoms with van der Waals surface area (Å²) in [6.45, 7) is 8.83. The van der Waals surface area contributed by atoms with Gasteiger partial charge in [-0.3, -0.25) is 9.59 Å². The summed E-state index contributed by atoms with van der Waals surface area (Å²) in [5.74, 6) is 0.411. The summed E-state index contributed by atoms with van der Waals surface area (Å²) >= 11 is 0. The molecule has 0 atom stereocenters. The number of anilines is 2. The smallest absolute Gasteiger partial charge is 0.253 e. The molecule has 0 aromatic heterocycles. The van der Waals surface area contributed by atoms with Crippen LogP contribution >= 0.6 is 0 Å². The zero-order chi connectivity index (χ0) is 21.8. The van der Waals surface area contributed by atoms with E-state index in [0.29, 0.717) is 49.9 Å². The van der Waals surface area contributed by atoms with Gasteiger partial charge in [0, 0.05) is 30.9 Å². The molecule has 0 saturated carbocycles. The molecule has 7 nitrogen and oxygen atoms in total. The van der Waals surface area contributed by atoms with Crippen molar-refractivity contribution in [2.45, 2.75) is 20.8 Å². The van der Waals surface area contributed by atoms with Gasteiger partial charge in [-0.15, -0.1) is 0 Å². The molecule has 0 bridgehead atoms. The van der Waals surface area contributed by atoms with Crippen molar-refractivity contribution in [2.75, 3.05) is 50.1 Å². The molecule has 2 aromatic carbocycles. The Kier molecular flexibility index (Phi) is 9.67. The predicted octanol–water partition coefficient (Wildman–Crippen LogP) is 3.63. The number of carbonyl (C=O) groups excluding carboxylic acids is 2. The molecular weight excluding hydrogens is 382 g/mol. The van der Waals surface area contributed by atoms with Gasteiger partial charge < -0.3 is 25.0 Å². The van der Waals surface area contributed by atoms with Crippen LogP contribution in [0.2, 0.25) is 0 Å². The maximum absolute atomic E-state index is 12.4. The number of nitrogens with one attached hydrogen (secondary N) is 2. The molecule has 0 radical (unpaired) electrons. The Morgan fingerprint density at radius 1 is 0.933 bits per heavy atom. The van der Waals surface area contributed by atoms with Crippen LogP contribution in [0.3, 0.4) is 0 Å². The quantitative estimate of drug-likeness (QED) is 0.520. The molecule has 0 saturated heterocycles. The molecule has 2 rings (SSSR count). The molecule has 0 heterocycles. The van der Waals surface area contributed by atoms with Crippen molar-refractivity contribution in [3.63, 3.8) is 0 Å². The summed E-state index contributed by atoms with van der Waals surface area (Å²) in [5, 5.41) is 5.92. The van der Waals surface area contributed by atoms with Crippen molar-refractivity contribution in [2.24, 2.45) is 0 Å². The molecule has 0 unspecified atom stereocenters. The minimum Gasteiger partial charge on any atom is -0.489 e. The normalized spacial score (nSPS) is 10.4. The van der Waals surface area contributed by atoms with Gasteiger partial charge >= 0.3 is 0 Å². The SMILES string of the molecule is CCOCCOc1ccccc1NC(=O)CNc1ccc(C(=O)N(CC)CC)cc1. The second-order valence-corrected chi connectivity index (χ2v) is 6.50. The van der Waals surface area contributed by atoms with Crippen molar-refractivity contribution in [1.29, 1.82) is 0 Å². The van der Waals surface area contributed by atoms with Crippen molar-refractivity contribution in [3.8, 4) is 5.75 Å². The van der Waals surface area contributed by atoms with Gasteiger partial charge in [-0.05, 0) is 57.2 Å². The molecule has 0 fully saturated rings. The van der Waals surface area contributed by atoms with Crippen LogP contribution < -0.4 is 15.4 Å². The Morgan fingerprint density at radius 2 is 1.63 bits per heavy atom. The van der Waals surface area contributed by atoms with Crippen molar-refractivity contribution >= 4 is 23.2 Å². The standard InChI is InChI=1S/C23H31N3O4/c1-4-26(5-2)23(28)18-11-13-19(14-12-18)24-17-22(27)25-20-9-7-8-10-21(20)30-16-15-29-6-3/h7-14,24H,4-6,15-17H2,1-3H3,(H,25,27). The van der Waals surface area contributed by atoms with E-state index in [1.807, 2.05) is 32.9 Å². The number of rotatable bonds is 12. The van der Waals surface area contributed by atoms with Crippen LogP contribution in [0.1, 0.15) is 31.1 Å². The largest absolute Gasteiger partial charge is 0.489 e. The predicted molar refractivity (Wildman–Crippen MR) is 119 cm³/mol. The van der Waals surface area contributed by atoms with Gasteiger partial charge in [0.05, 0.1) is 18.8 Å². The molecule has 0 aliphatic heterocycles. The van der Waals surface area contributed by atoms with Crippen molar-refractivity contribution < 1.29 is 19.1 Å². The molecule has 0 aliphatic carbocycles. The highest BCUT2D eigenvalue weighted by Crippen LogP contribution is 2.23. The van der Waals surface area contributed by atoms with E-state index < -0.39 is 0 Å². The second-order valence-electron chi connectivity index (χ2n) is 6.50. The zero-order valence-corrected chi connectivity index (χ0v) is 17.9. The van der Waals surface area contributed by atoms with Crippen LogP contribution in [0.25, 0.3) is 0 Å². The molecule has 0 aliphatic rings. The van der Waals surface area contributed by atoms with Gasteiger partial charge in [0.1, 0.15) is 12.4 Å². The van der Waals surface area contributed by atoms with Gasteiger partial charge in [0.25, 0.3) is 5.91 Å². The molecule has 162 valence electrons. The summed E-state index contributed by atoms with van der Waals surface area (Å²) in [4.78, 5) is 26.5. The monoisotopic (exact) mass is 413 g/mol. The van der Waals surface area contributed by atoms with Crippen LogP contribution in [0, 0.1) is 0 Å². The minimum absolute atomic E-state index is 0.00485. The number of ether oxygens (including phenoxy) is 2. The lowest BCUT2D eigenvalue weighted by atomic mass is 10.1. The molecular formula is C23H31N3O4. The van der Waals surface area contributed by atoms with E-state index in [2.05, 4.69) is 10.6 Å². The lowest BCUT2D eigenvalue weighted by Gasteiger charge is -2.18. The average molecular weight is 414 g/mol. The third kappa shape index (κ3) is 7.08. The number of nitrogens with zero attached hydrogens (tertiary/aromatic N) is 1. The van der Waals surface area contributed by atoms with Gasteiger partial charge in [-0.1, -0.05) is 12.1 Å². The molecule has 2 aromatic rings. The topological polar surface area (TPSA) is 79.9 Å². The summed E-state index contributed by atoms with van der Waals surface area (Å²) in [6, 6.07) is 14.4. The molecule has 30 heavy (non-hydrogen) atoms. The molecule has 2 N–H and O–H groups in total. The first-order valence-corrected chi connectivity index (χ1v) is 10.3.